The Morgan fingerprint density at radius 3 is 2.59 bits per heavy atom. The van der Waals surface area contributed by atoms with Crippen molar-refractivity contribution >= 4 is 29.0 Å². The molecule has 0 bridgehead atoms. The molecule has 22 heavy (non-hydrogen) atoms. The third kappa shape index (κ3) is 2.59. The summed E-state index contributed by atoms with van der Waals surface area (Å²) in [5.41, 5.74) is 1.37. The summed E-state index contributed by atoms with van der Waals surface area (Å²) in [5, 5.41) is 3.76. The minimum Gasteiger partial charge on any atom is -0.367 e. The van der Waals surface area contributed by atoms with Gasteiger partial charge in [0.15, 0.2) is 5.43 Å². The van der Waals surface area contributed by atoms with Crippen LogP contribution in [0.1, 0.15) is 18.9 Å². The smallest absolute Gasteiger partial charge is 0.189 e. The van der Waals surface area contributed by atoms with Gasteiger partial charge in [-0.05, 0) is 25.0 Å². The van der Waals surface area contributed by atoms with E-state index in [4.69, 9.17) is 0 Å². The number of pyridine rings is 1. The van der Waals surface area contributed by atoms with Crippen LogP contribution in [-0.4, -0.2) is 30.7 Å². The van der Waals surface area contributed by atoms with Crippen LogP contribution in [0.2, 0.25) is 0 Å². The van der Waals surface area contributed by atoms with Gasteiger partial charge in [-0.2, -0.15) is 0 Å². The van der Waals surface area contributed by atoms with Crippen molar-refractivity contribution in [2.24, 2.45) is 0 Å². The van der Waals surface area contributed by atoms with Gasteiger partial charge in [-0.15, -0.1) is 12.4 Å². The molecule has 0 spiro atoms. The predicted molar refractivity (Wildman–Crippen MR) is 88.8 cm³/mol. The first kappa shape index (κ1) is 15.3. The molecule has 6 heteroatoms. The molecule has 1 aliphatic carbocycles. The van der Waals surface area contributed by atoms with Gasteiger partial charge in [0, 0.05) is 49.9 Å². The number of hydrogen-bond acceptors (Lipinski definition) is 3. The number of halogens is 2. The Balaban J connectivity index is 0.00000144. The number of anilines is 1. The summed E-state index contributed by atoms with van der Waals surface area (Å²) in [5.74, 6) is -0.296. The molecule has 0 radical (unpaired) electrons. The summed E-state index contributed by atoms with van der Waals surface area (Å²) in [6.07, 6.45) is 4.12. The molecular weight excluding hydrogens is 305 g/mol. The van der Waals surface area contributed by atoms with Gasteiger partial charge >= 0.3 is 0 Å². The second-order valence-electron chi connectivity index (χ2n) is 5.88. The summed E-state index contributed by atoms with van der Waals surface area (Å²) in [4.78, 5) is 14.1. The van der Waals surface area contributed by atoms with E-state index in [0.29, 0.717) is 17.1 Å². The number of aromatic nitrogens is 1. The van der Waals surface area contributed by atoms with Crippen LogP contribution in [0.25, 0.3) is 10.9 Å². The van der Waals surface area contributed by atoms with E-state index < -0.39 is 0 Å². The molecule has 2 fully saturated rings. The second-order valence-corrected chi connectivity index (χ2v) is 5.88. The zero-order valence-electron chi connectivity index (χ0n) is 12.2. The van der Waals surface area contributed by atoms with Crippen molar-refractivity contribution in [3.63, 3.8) is 0 Å². The maximum Gasteiger partial charge on any atom is 0.189 e. The number of nitrogens with zero attached hydrogens (tertiary/aromatic N) is 2. The van der Waals surface area contributed by atoms with Crippen molar-refractivity contribution < 1.29 is 4.39 Å². The largest absolute Gasteiger partial charge is 0.367 e. The number of rotatable bonds is 2. The van der Waals surface area contributed by atoms with E-state index in [1.807, 2.05) is 12.3 Å². The van der Waals surface area contributed by atoms with Crippen LogP contribution in [-0.2, 0) is 0 Å². The van der Waals surface area contributed by atoms with Crippen molar-refractivity contribution in [3.05, 3.63) is 40.4 Å². The molecular formula is C16H19ClFN3O. The first-order valence-electron chi connectivity index (χ1n) is 7.54. The van der Waals surface area contributed by atoms with Gasteiger partial charge in [0.1, 0.15) is 5.82 Å². The highest BCUT2D eigenvalue weighted by Gasteiger charge is 2.25. The Labute approximate surface area is 134 Å². The SMILES string of the molecule is Cl.O=c1ccn(C2CC2)c2cc(N3CCNCC3)c(F)cc12. The molecule has 118 valence electrons. The van der Waals surface area contributed by atoms with Crippen molar-refractivity contribution in [3.8, 4) is 0 Å². The van der Waals surface area contributed by atoms with Crippen molar-refractivity contribution in [1.29, 1.82) is 0 Å². The molecule has 1 saturated carbocycles. The van der Waals surface area contributed by atoms with Crippen LogP contribution in [0.5, 0.6) is 0 Å². The third-order valence-corrected chi connectivity index (χ3v) is 4.39. The molecule has 0 unspecified atom stereocenters. The van der Waals surface area contributed by atoms with Crippen molar-refractivity contribution in [2.45, 2.75) is 18.9 Å². The quantitative estimate of drug-likeness (QED) is 0.921. The van der Waals surface area contributed by atoms with Crippen LogP contribution in [0.4, 0.5) is 10.1 Å². The van der Waals surface area contributed by atoms with Crippen LogP contribution in [0.15, 0.2) is 29.2 Å². The molecule has 1 aromatic heterocycles. The Bertz CT molecular complexity index is 751. The van der Waals surface area contributed by atoms with Gasteiger partial charge in [0.05, 0.1) is 11.2 Å². The number of fused-ring (bicyclic) bond motifs is 1. The number of nitrogens with one attached hydrogen (secondary N) is 1. The van der Waals surface area contributed by atoms with Crippen LogP contribution in [0.3, 0.4) is 0 Å². The topological polar surface area (TPSA) is 37.3 Å². The van der Waals surface area contributed by atoms with Gasteiger partial charge in [-0.25, -0.2) is 4.39 Å². The molecule has 1 aromatic carbocycles. The lowest BCUT2D eigenvalue weighted by atomic mass is 10.1. The summed E-state index contributed by atoms with van der Waals surface area (Å²) in [6.45, 7) is 3.31. The third-order valence-electron chi connectivity index (χ3n) is 4.39. The van der Waals surface area contributed by atoms with Gasteiger partial charge in [-0.3, -0.25) is 4.79 Å². The lowest BCUT2D eigenvalue weighted by Gasteiger charge is -2.30. The number of hydrogen-bond donors (Lipinski definition) is 1. The van der Waals surface area contributed by atoms with Gasteiger partial charge in [0.2, 0.25) is 0 Å². The summed E-state index contributed by atoms with van der Waals surface area (Å²) < 4.78 is 16.5. The van der Waals surface area contributed by atoms with E-state index in [9.17, 15) is 9.18 Å². The van der Waals surface area contributed by atoms with E-state index in [-0.39, 0.29) is 23.7 Å². The zero-order valence-corrected chi connectivity index (χ0v) is 13.0. The van der Waals surface area contributed by atoms with Crippen molar-refractivity contribution in [2.75, 3.05) is 31.1 Å². The van der Waals surface area contributed by atoms with Gasteiger partial charge in [-0.1, -0.05) is 0 Å². The minimum atomic E-state index is -0.296. The average molecular weight is 324 g/mol. The van der Waals surface area contributed by atoms with Gasteiger partial charge < -0.3 is 14.8 Å². The molecule has 2 aliphatic rings. The van der Waals surface area contributed by atoms with E-state index in [2.05, 4.69) is 14.8 Å². The van der Waals surface area contributed by atoms with E-state index in [0.717, 1.165) is 44.5 Å². The maximum absolute atomic E-state index is 14.4. The van der Waals surface area contributed by atoms with E-state index in [1.54, 1.807) is 6.07 Å². The first-order valence-corrected chi connectivity index (χ1v) is 7.54. The fourth-order valence-electron chi connectivity index (χ4n) is 3.10. The monoisotopic (exact) mass is 323 g/mol. The highest BCUT2D eigenvalue weighted by molar-refractivity contribution is 5.85. The summed E-state index contributed by atoms with van der Waals surface area (Å²) in [7, 11) is 0. The van der Waals surface area contributed by atoms with Gasteiger partial charge in [0.25, 0.3) is 0 Å². The normalized spacial score (nSPS) is 18.3. The molecule has 1 aliphatic heterocycles. The van der Waals surface area contributed by atoms with Crippen LogP contribution < -0.4 is 15.6 Å². The number of benzene rings is 1. The highest BCUT2D eigenvalue weighted by Crippen LogP contribution is 2.37. The molecule has 0 atom stereocenters. The second kappa shape index (κ2) is 5.89. The molecule has 1 saturated heterocycles. The predicted octanol–water partition coefficient (Wildman–Crippen LogP) is 2.31. The Kier molecular flexibility index (Phi) is 4.10. The fourth-order valence-corrected chi connectivity index (χ4v) is 3.10. The lowest BCUT2D eigenvalue weighted by molar-refractivity contribution is 0.567. The fraction of sp³-hybridized carbons (Fsp3) is 0.438. The maximum atomic E-state index is 14.4. The van der Waals surface area contributed by atoms with E-state index in [1.165, 1.54) is 6.07 Å². The Hall–Kier alpha value is -1.59. The van der Waals surface area contributed by atoms with E-state index >= 15 is 0 Å². The molecule has 1 N–H and O–H groups in total. The molecule has 4 nitrogen and oxygen atoms in total. The minimum absolute atomic E-state index is 0. The van der Waals surface area contributed by atoms with Crippen LogP contribution in [0, 0.1) is 5.82 Å². The van der Waals surface area contributed by atoms with Crippen molar-refractivity contribution in [1.82, 2.24) is 9.88 Å². The summed E-state index contributed by atoms with van der Waals surface area (Å²) >= 11 is 0. The zero-order chi connectivity index (χ0) is 14.4. The standard InChI is InChI=1S/C16H18FN3O.ClH/c17-13-9-12-14(10-15(13)19-7-4-18-5-8-19)20(11-1-2-11)6-3-16(12)21;/h3,6,9-11,18H,1-2,4-5,7-8H2;1H. The molecule has 2 aromatic rings. The van der Waals surface area contributed by atoms with Crippen LogP contribution >= 0.6 is 12.4 Å². The molecule has 0 amide bonds. The highest BCUT2D eigenvalue weighted by atomic mass is 35.5. The molecule has 2 heterocycles. The average Bonchev–Trinajstić information content (AvgIpc) is 3.33. The Morgan fingerprint density at radius 2 is 1.91 bits per heavy atom. The molecule has 4 rings (SSSR count). The lowest BCUT2D eigenvalue weighted by Crippen LogP contribution is -2.43. The Morgan fingerprint density at radius 1 is 1.18 bits per heavy atom. The number of piperazine rings is 1. The first-order chi connectivity index (χ1) is 10.2. The summed E-state index contributed by atoms with van der Waals surface area (Å²) in [6, 6.07) is 5.28.